The smallest absolute Gasteiger partial charge is 0.225 e. The lowest BCUT2D eigenvalue weighted by Crippen LogP contribution is -2.37. The van der Waals surface area contributed by atoms with Crippen molar-refractivity contribution < 1.29 is 9.59 Å². The quantitative estimate of drug-likeness (QED) is 0.908. The number of rotatable bonds is 5. The van der Waals surface area contributed by atoms with Crippen molar-refractivity contribution >= 4 is 11.8 Å². The number of benzene rings is 1. The molecule has 0 unspecified atom stereocenters. The maximum atomic E-state index is 12.4. The number of hydrogen-bond acceptors (Lipinski definition) is 2. The molecule has 23 heavy (non-hydrogen) atoms. The summed E-state index contributed by atoms with van der Waals surface area (Å²) in [5.74, 6) is 0.295. The summed E-state index contributed by atoms with van der Waals surface area (Å²) in [6.45, 7) is 3.34. The molecule has 0 bridgehead atoms. The van der Waals surface area contributed by atoms with E-state index in [-0.39, 0.29) is 23.7 Å². The molecule has 1 aliphatic heterocycles. The lowest BCUT2D eigenvalue weighted by molar-refractivity contribution is -0.130. The highest BCUT2D eigenvalue weighted by Crippen LogP contribution is 2.29. The first kappa shape index (κ1) is 16.0. The van der Waals surface area contributed by atoms with E-state index in [1.807, 2.05) is 23.1 Å². The highest BCUT2D eigenvalue weighted by molar-refractivity contribution is 5.89. The molecule has 2 amide bonds. The third-order valence-corrected chi connectivity index (χ3v) is 5.25. The summed E-state index contributed by atoms with van der Waals surface area (Å²) in [5, 5.41) is 3.04. The molecular formula is C19H26N2O2. The first-order valence-corrected chi connectivity index (χ1v) is 8.77. The van der Waals surface area contributed by atoms with Crippen molar-refractivity contribution in [1.29, 1.82) is 0 Å². The van der Waals surface area contributed by atoms with Crippen LogP contribution in [0.25, 0.3) is 0 Å². The van der Waals surface area contributed by atoms with Gasteiger partial charge in [-0.05, 0) is 24.3 Å². The van der Waals surface area contributed by atoms with Crippen molar-refractivity contribution in [3.8, 4) is 0 Å². The molecule has 1 saturated carbocycles. The Kier molecular flexibility index (Phi) is 4.99. The molecule has 0 radical (unpaired) electrons. The molecule has 4 nitrogen and oxygen atoms in total. The van der Waals surface area contributed by atoms with Gasteiger partial charge in [0.05, 0.1) is 5.92 Å². The zero-order valence-electron chi connectivity index (χ0n) is 13.8. The van der Waals surface area contributed by atoms with Crippen molar-refractivity contribution in [3.05, 3.63) is 35.9 Å². The van der Waals surface area contributed by atoms with Gasteiger partial charge < -0.3 is 10.2 Å². The Morgan fingerprint density at radius 1 is 1.26 bits per heavy atom. The highest BCUT2D eigenvalue weighted by Gasteiger charge is 2.38. The lowest BCUT2D eigenvalue weighted by atomic mass is 10.0. The van der Waals surface area contributed by atoms with E-state index in [1.54, 1.807) is 0 Å². The summed E-state index contributed by atoms with van der Waals surface area (Å²) in [6, 6.07) is 10.6. The molecule has 1 N–H and O–H groups in total. The van der Waals surface area contributed by atoms with Crippen LogP contribution in [0.2, 0.25) is 0 Å². The second-order valence-electron chi connectivity index (χ2n) is 6.94. The monoisotopic (exact) mass is 314 g/mol. The van der Waals surface area contributed by atoms with Crippen molar-refractivity contribution in [2.45, 2.75) is 51.0 Å². The van der Waals surface area contributed by atoms with Gasteiger partial charge in [-0.25, -0.2) is 0 Å². The van der Waals surface area contributed by atoms with Gasteiger partial charge in [0.25, 0.3) is 0 Å². The summed E-state index contributed by atoms with van der Waals surface area (Å²) >= 11 is 0. The fourth-order valence-electron chi connectivity index (χ4n) is 3.77. The predicted octanol–water partition coefficient (Wildman–Crippen LogP) is 2.70. The van der Waals surface area contributed by atoms with E-state index in [1.165, 1.54) is 18.4 Å². The van der Waals surface area contributed by atoms with E-state index in [2.05, 4.69) is 24.4 Å². The number of carbonyl (C=O) groups excluding carboxylic acids is 2. The summed E-state index contributed by atoms with van der Waals surface area (Å²) in [4.78, 5) is 26.5. The van der Waals surface area contributed by atoms with Crippen LogP contribution in [0.3, 0.4) is 0 Å². The number of nitrogens with zero attached hydrogens (tertiary/aromatic N) is 1. The van der Waals surface area contributed by atoms with E-state index >= 15 is 0 Å². The number of likely N-dealkylation sites (tertiary alicyclic amines) is 1. The molecule has 2 aliphatic rings. The minimum Gasteiger partial charge on any atom is -0.355 e. The molecule has 3 rings (SSSR count). The second kappa shape index (κ2) is 7.16. The fourth-order valence-corrected chi connectivity index (χ4v) is 3.77. The maximum Gasteiger partial charge on any atom is 0.225 e. The van der Waals surface area contributed by atoms with Gasteiger partial charge in [-0.2, -0.15) is 0 Å². The molecule has 1 aromatic rings. The number of hydrogen-bond donors (Lipinski definition) is 1. The van der Waals surface area contributed by atoms with Gasteiger partial charge in [-0.1, -0.05) is 50.1 Å². The Morgan fingerprint density at radius 3 is 2.65 bits per heavy atom. The van der Waals surface area contributed by atoms with E-state index in [0.717, 1.165) is 12.8 Å². The minimum absolute atomic E-state index is 0.0293. The zero-order valence-corrected chi connectivity index (χ0v) is 13.8. The normalized spacial score (nSPS) is 23.3. The number of nitrogens with one attached hydrogen (secondary N) is 1. The third kappa shape index (κ3) is 3.74. The van der Waals surface area contributed by atoms with Gasteiger partial charge in [0.1, 0.15) is 0 Å². The van der Waals surface area contributed by atoms with Crippen LogP contribution < -0.4 is 5.32 Å². The molecule has 0 spiro atoms. The van der Waals surface area contributed by atoms with Crippen molar-refractivity contribution in [2.24, 2.45) is 5.92 Å². The molecule has 1 aromatic carbocycles. The molecule has 2 atom stereocenters. The average Bonchev–Trinajstić information content (AvgIpc) is 3.22. The molecule has 2 fully saturated rings. The van der Waals surface area contributed by atoms with Crippen LogP contribution in [0.4, 0.5) is 0 Å². The van der Waals surface area contributed by atoms with Crippen LogP contribution >= 0.6 is 0 Å². The van der Waals surface area contributed by atoms with Crippen molar-refractivity contribution in [3.63, 3.8) is 0 Å². The molecular weight excluding hydrogens is 288 g/mol. The van der Waals surface area contributed by atoms with E-state index in [0.29, 0.717) is 25.6 Å². The topological polar surface area (TPSA) is 49.4 Å². The molecule has 1 saturated heterocycles. The van der Waals surface area contributed by atoms with Gasteiger partial charge >= 0.3 is 0 Å². The molecule has 4 heteroatoms. The summed E-state index contributed by atoms with van der Waals surface area (Å²) in [7, 11) is 0. The van der Waals surface area contributed by atoms with E-state index in [9.17, 15) is 9.59 Å². The van der Waals surface area contributed by atoms with Crippen LogP contribution in [0.1, 0.15) is 50.5 Å². The Balaban J connectivity index is 1.50. The van der Waals surface area contributed by atoms with Gasteiger partial charge in [-0.15, -0.1) is 0 Å². The van der Waals surface area contributed by atoms with E-state index < -0.39 is 0 Å². The van der Waals surface area contributed by atoms with Crippen LogP contribution in [-0.4, -0.2) is 35.8 Å². The SMILES string of the molecule is C[C@H](CNC(=O)[C@H]1CC(=O)N(C2CCCC2)C1)c1ccccc1. The van der Waals surface area contributed by atoms with Crippen LogP contribution in [0, 0.1) is 5.92 Å². The standard InChI is InChI=1S/C19H26N2O2/c1-14(15-7-3-2-4-8-15)12-20-19(23)16-11-18(22)21(13-16)17-9-5-6-10-17/h2-4,7-8,14,16-17H,5-6,9-13H2,1H3,(H,20,23)/t14-,16+/m1/s1. The van der Waals surface area contributed by atoms with Gasteiger partial charge in [0, 0.05) is 25.6 Å². The highest BCUT2D eigenvalue weighted by atomic mass is 16.2. The van der Waals surface area contributed by atoms with Gasteiger partial charge in [-0.3, -0.25) is 9.59 Å². The van der Waals surface area contributed by atoms with Gasteiger partial charge in [0.2, 0.25) is 11.8 Å². The first-order chi connectivity index (χ1) is 11.1. The van der Waals surface area contributed by atoms with Crippen LogP contribution in [0.5, 0.6) is 0 Å². The summed E-state index contributed by atoms with van der Waals surface area (Å²) in [5.41, 5.74) is 1.22. The van der Waals surface area contributed by atoms with E-state index in [4.69, 9.17) is 0 Å². The Bertz CT molecular complexity index is 552. The number of carbonyl (C=O) groups is 2. The predicted molar refractivity (Wildman–Crippen MR) is 89.9 cm³/mol. The zero-order chi connectivity index (χ0) is 16.2. The summed E-state index contributed by atoms with van der Waals surface area (Å²) < 4.78 is 0. The molecule has 124 valence electrons. The summed E-state index contributed by atoms with van der Waals surface area (Å²) in [6.07, 6.45) is 5.00. The third-order valence-electron chi connectivity index (χ3n) is 5.25. The van der Waals surface area contributed by atoms with Gasteiger partial charge in [0.15, 0.2) is 0 Å². The second-order valence-corrected chi connectivity index (χ2v) is 6.94. The van der Waals surface area contributed by atoms with Crippen LogP contribution in [-0.2, 0) is 9.59 Å². The first-order valence-electron chi connectivity index (χ1n) is 8.77. The Hall–Kier alpha value is -1.84. The number of amides is 2. The Morgan fingerprint density at radius 2 is 1.96 bits per heavy atom. The van der Waals surface area contributed by atoms with Crippen molar-refractivity contribution in [1.82, 2.24) is 10.2 Å². The minimum atomic E-state index is -0.175. The fraction of sp³-hybridized carbons (Fsp3) is 0.579. The van der Waals surface area contributed by atoms with Crippen LogP contribution in [0.15, 0.2) is 30.3 Å². The van der Waals surface area contributed by atoms with Crippen molar-refractivity contribution in [2.75, 3.05) is 13.1 Å². The Labute approximate surface area is 138 Å². The maximum absolute atomic E-state index is 12.4. The molecule has 0 aromatic heterocycles. The lowest BCUT2D eigenvalue weighted by Gasteiger charge is -2.24. The largest absolute Gasteiger partial charge is 0.355 e. The molecule has 1 heterocycles. The molecule has 1 aliphatic carbocycles. The average molecular weight is 314 g/mol.